The van der Waals surface area contributed by atoms with Gasteiger partial charge >= 0.3 is 6.18 Å². The number of rotatable bonds is 4. The van der Waals surface area contributed by atoms with Gasteiger partial charge in [0.1, 0.15) is 5.56 Å². The van der Waals surface area contributed by atoms with Gasteiger partial charge in [0.2, 0.25) is 5.02 Å². The van der Waals surface area contributed by atoms with Gasteiger partial charge in [-0.1, -0.05) is 12.1 Å². The molecule has 2 aromatic rings. The Morgan fingerprint density at radius 1 is 1.35 bits per heavy atom. The number of nitrogens with one attached hydrogen (secondary N) is 1. The second-order valence-electron chi connectivity index (χ2n) is 5.74. The monoisotopic (exact) mass is 345 g/mol. The van der Waals surface area contributed by atoms with Crippen molar-refractivity contribution >= 4 is 0 Å². The van der Waals surface area contributed by atoms with Gasteiger partial charge < -0.3 is 9.72 Å². The highest BCUT2D eigenvalue weighted by Crippen LogP contribution is 2.34. The van der Waals surface area contributed by atoms with Crippen LogP contribution in [-0.2, 0) is 30.4 Å². The van der Waals surface area contributed by atoms with Crippen LogP contribution in [0.3, 0.4) is 0 Å². The molecule has 0 radical (unpaired) electrons. The van der Waals surface area contributed by atoms with Crippen LogP contribution in [0, 0.1) is 17.5 Å². The minimum Gasteiger partial charge on any atom is -0.376 e. The first kappa shape index (κ1) is 16.3. The number of fused-ring (bicyclic) bond motifs is 1. The number of nitrogens with zero attached hydrogens (tertiary/aromatic N) is 1. The number of alkyl halides is 3. The maximum atomic E-state index is 12.8. The van der Waals surface area contributed by atoms with Gasteiger partial charge in [-0.15, -0.1) is 0 Å². The van der Waals surface area contributed by atoms with Gasteiger partial charge in [0.25, 0.3) is 0 Å². The van der Waals surface area contributed by atoms with Gasteiger partial charge in [-0.3, -0.25) is 0 Å². The number of aromatic amines is 1. The third-order valence-electron chi connectivity index (χ3n) is 4.10. The Kier molecular flexibility index (Phi) is 4.64. The van der Waals surface area contributed by atoms with E-state index in [1.165, 1.54) is 6.07 Å². The SMILES string of the molecule is FC(F)(F)c1cccc(COCC2CCc3nc[nH]c3C2)c1[ClH+]. The molecular weight excluding hydrogens is 329 g/mol. The molecule has 1 N–H and O–H groups in total. The van der Waals surface area contributed by atoms with E-state index in [0.29, 0.717) is 18.1 Å². The molecule has 3 rings (SSSR count). The molecule has 3 nitrogen and oxygen atoms in total. The molecule has 1 aliphatic rings. The zero-order valence-corrected chi connectivity index (χ0v) is 13.1. The minimum atomic E-state index is -4.42. The molecule has 23 heavy (non-hydrogen) atoms. The zero-order valence-electron chi connectivity index (χ0n) is 12.3. The maximum Gasteiger partial charge on any atom is 0.421 e. The van der Waals surface area contributed by atoms with Crippen LogP contribution in [0.15, 0.2) is 24.5 Å². The molecule has 0 fully saturated rings. The fourth-order valence-corrected chi connectivity index (χ4v) is 3.18. The summed E-state index contributed by atoms with van der Waals surface area (Å²) >= 11 is 4.94. The van der Waals surface area contributed by atoms with Crippen molar-refractivity contribution in [2.75, 3.05) is 6.61 Å². The van der Waals surface area contributed by atoms with Gasteiger partial charge in [0.05, 0.1) is 25.2 Å². The molecule has 0 spiro atoms. The van der Waals surface area contributed by atoms with Crippen LogP contribution in [0.2, 0.25) is 5.02 Å². The van der Waals surface area contributed by atoms with Gasteiger partial charge in [-0.05, 0) is 31.2 Å². The van der Waals surface area contributed by atoms with Crippen LogP contribution in [0.4, 0.5) is 13.2 Å². The van der Waals surface area contributed by atoms with E-state index >= 15 is 0 Å². The van der Waals surface area contributed by atoms with Gasteiger partial charge in [0, 0.05) is 11.3 Å². The van der Waals surface area contributed by atoms with Gasteiger partial charge in [-0.2, -0.15) is 13.2 Å². The topological polar surface area (TPSA) is 37.9 Å². The first-order valence-electron chi connectivity index (χ1n) is 7.40. The second-order valence-corrected chi connectivity index (χ2v) is 6.15. The largest absolute Gasteiger partial charge is 0.421 e. The van der Waals surface area contributed by atoms with E-state index in [0.717, 1.165) is 36.7 Å². The van der Waals surface area contributed by atoms with Crippen molar-refractivity contribution in [3.8, 4) is 0 Å². The molecule has 7 heteroatoms. The average Bonchev–Trinajstić information content (AvgIpc) is 2.95. The van der Waals surface area contributed by atoms with E-state index in [9.17, 15) is 13.2 Å². The summed E-state index contributed by atoms with van der Waals surface area (Å²) in [5.41, 5.74) is 1.88. The van der Waals surface area contributed by atoms with Crippen LogP contribution < -0.4 is 0 Å². The van der Waals surface area contributed by atoms with E-state index in [1.807, 2.05) is 0 Å². The Morgan fingerprint density at radius 2 is 2.17 bits per heavy atom. The summed E-state index contributed by atoms with van der Waals surface area (Å²) < 4.78 is 44.1. The predicted molar refractivity (Wildman–Crippen MR) is 75.8 cm³/mol. The highest BCUT2D eigenvalue weighted by Gasteiger charge is 2.37. The summed E-state index contributed by atoms with van der Waals surface area (Å²) in [5, 5.41) is -0.167. The molecule has 1 aromatic carbocycles. The molecule has 1 heterocycles. The van der Waals surface area contributed by atoms with E-state index < -0.39 is 11.7 Å². The maximum absolute atomic E-state index is 12.8. The normalized spacial score (nSPS) is 18.0. The number of halogens is 4. The Labute approximate surface area is 136 Å². The van der Waals surface area contributed by atoms with Crippen molar-refractivity contribution in [1.29, 1.82) is 0 Å². The number of imidazole rings is 1. The lowest BCUT2D eigenvalue weighted by molar-refractivity contribution is -0.298. The van der Waals surface area contributed by atoms with Crippen molar-refractivity contribution in [2.45, 2.75) is 32.0 Å². The number of hydrogen-bond donors (Lipinski definition) is 1. The number of aryl methyl sites for hydroxylation is 1. The smallest absolute Gasteiger partial charge is 0.376 e. The van der Waals surface area contributed by atoms with Crippen LogP contribution in [0.1, 0.15) is 28.9 Å². The molecule has 1 atom stereocenters. The molecule has 0 bridgehead atoms. The molecule has 0 amide bonds. The number of H-pyrrole nitrogens is 1. The standard InChI is InChI=1S/C16H17ClF3N2O/c17-15-11(2-1-3-12(15)16(18,19)20)8-23-7-10-4-5-13-14(6-10)22-9-21-13/h1-3,9-10,17H,4-8H2,(H,21,22)/q+1. The lowest BCUT2D eigenvalue weighted by atomic mass is 9.90. The third-order valence-corrected chi connectivity index (χ3v) is 4.58. The van der Waals surface area contributed by atoms with E-state index in [2.05, 4.69) is 9.97 Å². The summed E-state index contributed by atoms with van der Waals surface area (Å²) in [6.07, 6.45) is 0.00995. The summed E-state index contributed by atoms with van der Waals surface area (Å²) in [7, 11) is 0. The number of benzene rings is 1. The van der Waals surface area contributed by atoms with E-state index in [-0.39, 0.29) is 11.6 Å². The van der Waals surface area contributed by atoms with Crippen LogP contribution >= 0.6 is 0 Å². The lowest BCUT2D eigenvalue weighted by Gasteiger charge is -2.21. The lowest BCUT2D eigenvalue weighted by Crippen LogP contribution is -2.19. The van der Waals surface area contributed by atoms with E-state index in [1.54, 1.807) is 12.4 Å². The first-order valence-corrected chi connectivity index (χ1v) is 7.81. The quantitative estimate of drug-likeness (QED) is 0.921. The van der Waals surface area contributed by atoms with Crippen molar-refractivity contribution in [3.63, 3.8) is 0 Å². The zero-order chi connectivity index (χ0) is 16.4. The highest BCUT2D eigenvalue weighted by atomic mass is 35.5. The van der Waals surface area contributed by atoms with Crippen molar-refractivity contribution in [1.82, 2.24) is 9.97 Å². The summed E-state index contributed by atoms with van der Waals surface area (Å²) in [5.74, 6) is 0.349. The summed E-state index contributed by atoms with van der Waals surface area (Å²) in [6, 6.07) is 3.97. The van der Waals surface area contributed by atoms with Crippen LogP contribution in [0.25, 0.3) is 0 Å². The molecule has 1 unspecified atom stereocenters. The average molecular weight is 346 g/mol. The van der Waals surface area contributed by atoms with Gasteiger partial charge in [0.15, 0.2) is 11.6 Å². The Hall–Kier alpha value is -1.53. The molecule has 0 aliphatic heterocycles. The molecule has 0 saturated heterocycles. The highest BCUT2D eigenvalue weighted by molar-refractivity contribution is 5.33. The Bertz CT molecular complexity index is 684. The molecule has 1 aliphatic carbocycles. The minimum absolute atomic E-state index is 0.106. The summed E-state index contributed by atoms with van der Waals surface area (Å²) in [6.45, 7) is 0.610. The van der Waals surface area contributed by atoms with Crippen molar-refractivity contribution in [2.24, 2.45) is 5.92 Å². The van der Waals surface area contributed by atoms with Crippen LogP contribution in [-0.4, -0.2) is 16.6 Å². The molecule has 1 aromatic heterocycles. The second kappa shape index (κ2) is 6.53. The van der Waals surface area contributed by atoms with E-state index in [4.69, 9.17) is 16.3 Å². The Balaban J connectivity index is 1.58. The molecular formula is C16H17ClF3N2O+. The summed E-state index contributed by atoms with van der Waals surface area (Å²) in [4.78, 5) is 7.37. The molecule has 0 saturated carbocycles. The first-order chi connectivity index (χ1) is 10.9. The number of ether oxygens (including phenoxy) is 1. The Morgan fingerprint density at radius 3 is 2.96 bits per heavy atom. The fourth-order valence-electron chi connectivity index (χ4n) is 2.87. The third kappa shape index (κ3) is 3.70. The van der Waals surface area contributed by atoms with Gasteiger partial charge in [-0.25, -0.2) is 4.98 Å². The van der Waals surface area contributed by atoms with Crippen molar-refractivity contribution in [3.05, 3.63) is 52.1 Å². The number of aromatic nitrogens is 2. The number of hydrogen-bond acceptors (Lipinski definition) is 2. The molecule has 124 valence electrons. The van der Waals surface area contributed by atoms with Crippen LogP contribution in [0.5, 0.6) is 0 Å². The fraction of sp³-hybridized carbons (Fsp3) is 0.438. The predicted octanol–water partition coefficient (Wildman–Crippen LogP) is 3.45. The van der Waals surface area contributed by atoms with Crippen molar-refractivity contribution < 1.29 is 29.5 Å².